The number of hydrogen-bond acceptors (Lipinski definition) is 4. The molecule has 0 bridgehead atoms. The topological polar surface area (TPSA) is 56.5 Å². The fourth-order valence-corrected chi connectivity index (χ4v) is 2.29. The largest absolute Gasteiger partial charge is 0.426 e. The lowest BCUT2D eigenvalue weighted by Gasteiger charge is -2.12. The van der Waals surface area contributed by atoms with Gasteiger partial charge in [-0.3, -0.25) is 4.79 Å². The van der Waals surface area contributed by atoms with E-state index in [1.54, 1.807) is 31.2 Å². The van der Waals surface area contributed by atoms with Crippen LogP contribution in [-0.4, -0.2) is 5.97 Å². The van der Waals surface area contributed by atoms with E-state index in [9.17, 15) is 9.59 Å². The molecular weight excluding hydrogens is 292 g/mol. The summed E-state index contributed by atoms with van der Waals surface area (Å²) in [5.74, 6) is -0.308. The van der Waals surface area contributed by atoms with Gasteiger partial charge >= 0.3 is 11.6 Å². The standard InChI is InChI=1S/C19H16O4/c1-12-3-8-16(9-4-12)22-19(21)13(2)15-6-5-14-7-10-18(20)23-17(14)11-15/h3-11,13H,1-2H3. The molecule has 0 spiro atoms. The van der Waals surface area contributed by atoms with Crippen molar-refractivity contribution in [2.24, 2.45) is 0 Å². The molecule has 1 unspecified atom stereocenters. The molecule has 4 nitrogen and oxygen atoms in total. The number of aryl methyl sites for hydroxylation is 1. The van der Waals surface area contributed by atoms with Gasteiger partial charge in [0.2, 0.25) is 0 Å². The van der Waals surface area contributed by atoms with Gasteiger partial charge in [-0.15, -0.1) is 0 Å². The van der Waals surface area contributed by atoms with Crippen LogP contribution in [0.15, 0.2) is 63.8 Å². The van der Waals surface area contributed by atoms with Crippen molar-refractivity contribution in [1.29, 1.82) is 0 Å². The first kappa shape index (κ1) is 15.0. The van der Waals surface area contributed by atoms with Crippen molar-refractivity contribution >= 4 is 16.9 Å². The first-order valence-electron chi connectivity index (χ1n) is 7.35. The molecule has 0 aliphatic heterocycles. The van der Waals surface area contributed by atoms with E-state index in [0.717, 1.165) is 16.5 Å². The maximum absolute atomic E-state index is 12.3. The first-order valence-corrected chi connectivity index (χ1v) is 7.35. The monoisotopic (exact) mass is 308 g/mol. The van der Waals surface area contributed by atoms with Crippen LogP contribution in [0, 0.1) is 6.92 Å². The Morgan fingerprint density at radius 2 is 1.74 bits per heavy atom. The van der Waals surface area contributed by atoms with Gasteiger partial charge in [-0.2, -0.15) is 0 Å². The molecule has 4 heteroatoms. The van der Waals surface area contributed by atoms with Gasteiger partial charge in [0, 0.05) is 11.5 Å². The minimum Gasteiger partial charge on any atom is -0.426 e. The van der Waals surface area contributed by atoms with Gasteiger partial charge in [-0.05, 0) is 43.7 Å². The summed E-state index contributed by atoms with van der Waals surface area (Å²) in [6, 6.07) is 15.7. The second-order valence-corrected chi connectivity index (χ2v) is 5.51. The first-order chi connectivity index (χ1) is 11.0. The summed E-state index contributed by atoms with van der Waals surface area (Å²) in [5, 5.41) is 0.812. The third kappa shape index (κ3) is 3.31. The molecular formula is C19H16O4. The van der Waals surface area contributed by atoms with Crippen molar-refractivity contribution in [3.63, 3.8) is 0 Å². The summed E-state index contributed by atoms with van der Waals surface area (Å²) in [6.45, 7) is 3.73. The molecule has 1 atom stereocenters. The molecule has 0 fully saturated rings. The van der Waals surface area contributed by atoms with Gasteiger partial charge < -0.3 is 9.15 Å². The highest BCUT2D eigenvalue weighted by atomic mass is 16.5. The van der Waals surface area contributed by atoms with Crippen molar-refractivity contribution in [3.8, 4) is 5.75 Å². The number of benzene rings is 2. The van der Waals surface area contributed by atoms with Gasteiger partial charge in [-0.1, -0.05) is 29.8 Å². The molecule has 0 saturated heterocycles. The molecule has 0 aliphatic rings. The van der Waals surface area contributed by atoms with Crippen LogP contribution in [-0.2, 0) is 4.79 Å². The summed E-state index contributed by atoms with van der Waals surface area (Å²) in [7, 11) is 0. The highest BCUT2D eigenvalue weighted by Crippen LogP contribution is 2.23. The maximum Gasteiger partial charge on any atom is 0.336 e. The van der Waals surface area contributed by atoms with Gasteiger partial charge in [0.05, 0.1) is 5.92 Å². The van der Waals surface area contributed by atoms with Crippen LogP contribution in [0.25, 0.3) is 11.0 Å². The Bertz CT molecular complexity index is 907. The normalized spacial score (nSPS) is 12.1. The SMILES string of the molecule is Cc1ccc(OC(=O)C(C)c2ccc3ccc(=O)oc3c2)cc1. The third-order valence-electron chi connectivity index (χ3n) is 3.74. The van der Waals surface area contributed by atoms with E-state index in [-0.39, 0.29) is 5.97 Å². The van der Waals surface area contributed by atoms with Crippen LogP contribution >= 0.6 is 0 Å². The summed E-state index contributed by atoms with van der Waals surface area (Å²) < 4.78 is 10.5. The molecule has 0 aliphatic carbocycles. The van der Waals surface area contributed by atoms with E-state index in [1.807, 2.05) is 31.2 Å². The van der Waals surface area contributed by atoms with E-state index in [1.165, 1.54) is 6.07 Å². The average Bonchev–Trinajstić information content (AvgIpc) is 2.55. The Morgan fingerprint density at radius 1 is 1.04 bits per heavy atom. The summed E-state index contributed by atoms with van der Waals surface area (Å²) in [4.78, 5) is 23.6. The van der Waals surface area contributed by atoms with Crippen molar-refractivity contribution in [2.45, 2.75) is 19.8 Å². The van der Waals surface area contributed by atoms with Crippen LogP contribution in [0.5, 0.6) is 5.75 Å². The fourth-order valence-electron chi connectivity index (χ4n) is 2.29. The highest BCUT2D eigenvalue weighted by molar-refractivity contribution is 5.83. The van der Waals surface area contributed by atoms with Crippen LogP contribution in [0.3, 0.4) is 0 Å². The quantitative estimate of drug-likeness (QED) is 0.419. The van der Waals surface area contributed by atoms with Crippen molar-refractivity contribution in [3.05, 3.63) is 76.1 Å². The number of esters is 1. The van der Waals surface area contributed by atoms with Crippen molar-refractivity contribution in [1.82, 2.24) is 0 Å². The van der Waals surface area contributed by atoms with Gasteiger partial charge in [0.15, 0.2) is 0 Å². The minimum atomic E-state index is -0.466. The lowest BCUT2D eigenvalue weighted by molar-refractivity contribution is -0.135. The molecule has 0 N–H and O–H groups in total. The van der Waals surface area contributed by atoms with E-state index in [0.29, 0.717) is 11.3 Å². The molecule has 3 rings (SSSR count). The van der Waals surface area contributed by atoms with Crippen molar-refractivity contribution in [2.75, 3.05) is 0 Å². The zero-order valence-electron chi connectivity index (χ0n) is 12.9. The Morgan fingerprint density at radius 3 is 2.48 bits per heavy atom. The molecule has 0 amide bonds. The predicted octanol–water partition coefficient (Wildman–Crippen LogP) is 3.81. The van der Waals surface area contributed by atoms with E-state index >= 15 is 0 Å². The molecule has 23 heavy (non-hydrogen) atoms. The highest BCUT2D eigenvalue weighted by Gasteiger charge is 2.18. The second-order valence-electron chi connectivity index (χ2n) is 5.51. The number of hydrogen-bond donors (Lipinski definition) is 0. The van der Waals surface area contributed by atoms with Gasteiger partial charge in [0.25, 0.3) is 0 Å². The zero-order valence-corrected chi connectivity index (χ0v) is 12.9. The molecule has 0 radical (unpaired) electrons. The average molecular weight is 308 g/mol. The van der Waals surface area contributed by atoms with E-state index in [4.69, 9.17) is 9.15 Å². The Labute approximate surface area is 133 Å². The van der Waals surface area contributed by atoms with Crippen LogP contribution in [0.1, 0.15) is 24.0 Å². The Kier molecular flexibility index (Phi) is 3.98. The zero-order chi connectivity index (χ0) is 16.4. The molecule has 0 saturated carbocycles. The summed E-state index contributed by atoms with van der Waals surface area (Å²) in [5.41, 5.74) is 1.89. The van der Waals surface area contributed by atoms with Crippen molar-refractivity contribution < 1.29 is 13.9 Å². The lowest BCUT2D eigenvalue weighted by Crippen LogP contribution is -2.16. The van der Waals surface area contributed by atoms with Crippen LogP contribution < -0.4 is 10.4 Å². The number of carbonyl (C=O) groups is 1. The lowest BCUT2D eigenvalue weighted by atomic mass is 10.00. The molecule has 1 aromatic heterocycles. The number of rotatable bonds is 3. The van der Waals surface area contributed by atoms with E-state index in [2.05, 4.69) is 0 Å². The fraction of sp³-hybridized carbons (Fsp3) is 0.158. The number of fused-ring (bicyclic) bond motifs is 1. The summed E-state index contributed by atoms with van der Waals surface area (Å²) >= 11 is 0. The molecule has 3 aromatic rings. The Hall–Kier alpha value is -2.88. The minimum absolute atomic E-state index is 0.355. The smallest absolute Gasteiger partial charge is 0.336 e. The van der Waals surface area contributed by atoms with Gasteiger partial charge in [-0.25, -0.2) is 4.79 Å². The molecule has 116 valence electrons. The maximum atomic E-state index is 12.3. The summed E-state index contributed by atoms with van der Waals surface area (Å²) in [6.07, 6.45) is 0. The second kappa shape index (κ2) is 6.08. The van der Waals surface area contributed by atoms with Gasteiger partial charge in [0.1, 0.15) is 11.3 Å². The number of carbonyl (C=O) groups excluding carboxylic acids is 1. The van der Waals surface area contributed by atoms with Crippen LogP contribution in [0.4, 0.5) is 0 Å². The predicted molar refractivity (Wildman–Crippen MR) is 87.7 cm³/mol. The van der Waals surface area contributed by atoms with E-state index < -0.39 is 11.5 Å². The third-order valence-corrected chi connectivity index (χ3v) is 3.74. The Balaban J connectivity index is 1.84. The molecule has 1 heterocycles. The van der Waals surface area contributed by atoms with Crippen LogP contribution in [0.2, 0.25) is 0 Å². The number of ether oxygens (including phenoxy) is 1. The molecule has 2 aromatic carbocycles.